The van der Waals surface area contributed by atoms with Crippen LogP contribution >= 0.6 is 0 Å². The zero-order chi connectivity index (χ0) is 12.9. The number of hydrogen-bond donors (Lipinski definition) is 1. The summed E-state index contributed by atoms with van der Waals surface area (Å²) < 4.78 is 5.26. The predicted octanol–water partition coefficient (Wildman–Crippen LogP) is 3.32. The van der Waals surface area contributed by atoms with Crippen molar-refractivity contribution in [2.45, 2.75) is 46.1 Å². The van der Waals surface area contributed by atoms with Crippen LogP contribution in [0, 0.1) is 6.92 Å². The fourth-order valence-corrected chi connectivity index (χ4v) is 1.85. The molecule has 0 aromatic heterocycles. The van der Waals surface area contributed by atoms with E-state index in [4.69, 9.17) is 4.74 Å². The summed E-state index contributed by atoms with van der Waals surface area (Å²) in [7, 11) is 1.72. The third-order valence-electron chi connectivity index (χ3n) is 2.76. The maximum Gasteiger partial charge on any atom is 0.121 e. The molecule has 0 atom stereocenters. The Labute approximate surface area is 105 Å². The highest BCUT2D eigenvalue weighted by molar-refractivity contribution is 5.36. The molecule has 17 heavy (non-hydrogen) atoms. The normalized spacial score (nSPS) is 11.6. The second-order valence-corrected chi connectivity index (χ2v) is 5.58. The molecule has 0 unspecified atom stereocenters. The number of aryl methyl sites for hydroxylation is 2. The van der Waals surface area contributed by atoms with Crippen molar-refractivity contribution in [3.63, 3.8) is 0 Å². The minimum atomic E-state index is 0.218. The van der Waals surface area contributed by atoms with Crippen molar-refractivity contribution in [3.05, 3.63) is 29.3 Å². The van der Waals surface area contributed by atoms with Crippen LogP contribution in [0.4, 0.5) is 0 Å². The smallest absolute Gasteiger partial charge is 0.121 e. The summed E-state index contributed by atoms with van der Waals surface area (Å²) in [6, 6.07) is 6.43. The Morgan fingerprint density at radius 2 is 1.94 bits per heavy atom. The highest BCUT2D eigenvalue weighted by Crippen LogP contribution is 2.19. The van der Waals surface area contributed by atoms with Crippen LogP contribution < -0.4 is 10.1 Å². The van der Waals surface area contributed by atoms with Crippen LogP contribution in [0.25, 0.3) is 0 Å². The molecule has 0 saturated carbocycles. The van der Waals surface area contributed by atoms with Crippen LogP contribution in [-0.4, -0.2) is 19.2 Å². The minimum absolute atomic E-state index is 0.218. The molecule has 0 aliphatic rings. The summed E-state index contributed by atoms with van der Waals surface area (Å²) in [6.45, 7) is 9.75. The van der Waals surface area contributed by atoms with E-state index in [0.717, 1.165) is 18.7 Å². The van der Waals surface area contributed by atoms with Gasteiger partial charge >= 0.3 is 0 Å². The van der Waals surface area contributed by atoms with Gasteiger partial charge in [-0.25, -0.2) is 0 Å². The van der Waals surface area contributed by atoms with Gasteiger partial charge in [-0.15, -0.1) is 0 Å². The van der Waals surface area contributed by atoms with Crippen molar-refractivity contribution in [1.82, 2.24) is 5.32 Å². The maximum atomic E-state index is 5.26. The van der Waals surface area contributed by atoms with E-state index in [1.807, 2.05) is 0 Å². The first-order chi connectivity index (χ1) is 7.92. The van der Waals surface area contributed by atoms with Gasteiger partial charge in [0.2, 0.25) is 0 Å². The molecule has 0 heterocycles. The summed E-state index contributed by atoms with van der Waals surface area (Å²) in [4.78, 5) is 0. The monoisotopic (exact) mass is 235 g/mol. The van der Waals surface area contributed by atoms with Crippen LogP contribution in [0.2, 0.25) is 0 Å². The Kier molecular flexibility index (Phi) is 5.01. The Hall–Kier alpha value is -1.02. The van der Waals surface area contributed by atoms with Gasteiger partial charge in [-0.3, -0.25) is 0 Å². The number of methoxy groups -OCH3 is 1. The van der Waals surface area contributed by atoms with Gasteiger partial charge in [0, 0.05) is 5.54 Å². The Balaban J connectivity index is 2.40. The number of hydrogen-bond acceptors (Lipinski definition) is 2. The summed E-state index contributed by atoms with van der Waals surface area (Å²) >= 11 is 0. The summed E-state index contributed by atoms with van der Waals surface area (Å²) in [6.07, 6.45) is 2.29. The van der Waals surface area contributed by atoms with Gasteiger partial charge in [-0.05, 0) is 64.3 Å². The standard InChI is InChI=1S/C15H25NO/c1-12-11-13(8-9-14(12)17-5)7-6-10-16-15(2,3)4/h8-9,11,16H,6-7,10H2,1-5H3. The molecule has 0 aliphatic carbocycles. The van der Waals surface area contributed by atoms with Gasteiger partial charge in [0.25, 0.3) is 0 Å². The van der Waals surface area contributed by atoms with Crippen molar-refractivity contribution in [2.75, 3.05) is 13.7 Å². The predicted molar refractivity (Wildman–Crippen MR) is 73.8 cm³/mol. The number of benzene rings is 1. The van der Waals surface area contributed by atoms with Crippen molar-refractivity contribution >= 4 is 0 Å². The molecule has 0 saturated heterocycles. The van der Waals surface area contributed by atoms with Crippen LogP contribution in [0.3, 0.4) is 0 Å². The molecule has 1 aromatic rings. The van der Waals surface area contributed by atoms with E-state index in [2.05, 4.69) is 51.2 Å². The number of rotatable bonds is 5. The van der Waals surface area contributed by atoms with Gasteiger partial charge in [-0.1, -0.05) is 12.1 Å². The molecular weight excluding hydrogens is 210 g/mol. The molecule has 0 radical (unpaired) electrons. The van der Waals surface area contributed by atoms with Crippen LogP contribution in [-0.2, 0) is 6.42 Å². The van der Waals surface area contributed by atoms with E-state index in [-0.39, 0.29) is 5.54 Å². The number of ether oxygens (including phenoxy) is 1. The molecule has 0 aliphatic heterocycles. The molecule has 0 bridgehead atoms. The van der Waals surface area contributed by atoms with Gasteiger partial charge in [0.15, 0.2) is 0 Å². The fraction of sp³-hybridized carbons (Fsp3) is 0.600. The van der Waals surface area contributed by atoms with Crippen molar-refractivity contribution in [1.29, 1.82) is 0 Å². The van der Waals surface area contributed by atoms with Crippen LogP contribution in [0.1, 0.15) is 38.3 Å². The Bertz CT molecular complexity index is 352. The Morgan fingerprint density at radius 3 is 2.47 bits per heavy atom. The Morgan fingerprint density at radius 1 is 1.24 bits per heavy atom. The lowest BCUT2D eigenvalue weighted by atomic mass is 10.1. The molecule has 0 fully saturated rings. The molecule has 0 spiro atoms. The van der Waals surface area contributed by atoms with Crippen LogP contribution in [0.15, 0.2) is 18.2 Å². The van der Waals surface area contributed by atoms with Crippen LogP contribution in [0.5, 0.6) is 5.75 Å². The van der Waals surface area contributed by atoms with Crippen molar-refractivity contribution in [2.24, 2.45) is 0 Å². The first kappa shape index (κ1) is 14.0. The van der Waals surface area contributed by atoms with Gasteiger partial charge in [-0.2, -0.15) is 0 Å². The van der Waals surface area contributed by atoms with E-state index in [1.165, 1.54) is 17.5 Å². The van der Waals surface area contributed by atoms with E-state index in [1.54, 1.807) is 7.11 Å². The molecule has 2 nitrogen and oxygen atoms in total. The molecule has 1 rings (SSSR count). The SMILES string of the molecule is COc1ccc(CCCNC(C)(C)C)cc1C. The van der Waals surface area contributed by atoms with E-state index < -0.39 is 0 Å². The number of nitrogens with one attached hydrogen (secondary N) is 1. The quantitative estimate of drug-likeness (QED) is 0.790. The minimum Gasteiger partial charge on any atom is -0.496 e. The summed E-state index contributed by atoms with van der Waals surface area (Å²) in [5.41, 5.74) is 2.82. The van der Waals surface area contributed by atoms with Gasteiger partial charge < -0.3 is 10.1 Å². The molecule has 2 heteroatoms. The lowest BCUT2D eigenvalue weighted by Gasteiger charge is -2.20. The average Bonchev–Trinajstić information content (AvgIpc) is 2.23. The zero-order valence-electron chi connectivity index (χ0n) is 11.8. The second kappa shape index (κ2) is 6.06. The maximum absolute atomic E-state index is 5.26. The average molecular weight is 235 g/mol. The van der Waals surface area contributed by atoms with E-state index >= 15 is 0 Å². The lowest BCUT2D eigenvalue weighted by Crippen LogP contribution is -2.36. The zero-order valence-corrected chi connectivity index (χ0v) is 11.8. The molecule has 96 valence electrons. The summed E-state index contributed by atoms with van der Waals surface area (Å²) in [5.74, 6) is 0.974. The van der Waals surface area contributed by atoms with Crippen molar-refractivity contribution in [3.8, 4) is 5.75 Å². The first-order valence-electron chi connectivity index (χ1n) is 6.31. The second-order valence-electron chi connectivity index (χ2n) is 5.58. The largest absolute Gasteiger partial charge is 0.496 e. The van der Waals surface area contributed by atoms with Crippen molar-refractivity contribution < 1.29 is 4.74 Å². The fourth-order valence-electron chi connectivity index (χ4n) is 1.85. The molecular formula is C15H25NO. The van der Waals surface area contributed by atoms with E-state index in [0.29, 0.717) is 0 Å². The first-order valence-corrected chi connectivity index (χ1v) is 6.31. The van der Waals surface area contributed by atoms with Gasteiger partial charge in [0.1, 0.15) is 5.75 Å². The van der Waals surface area contributed by atoms with Gasteiger partial charge in [0.05, 0.1) is 7.11 Å². The lowest BCUT2D eigenvalue weighted by molar-refractivity contribution is 0.411. The molecule has 1 N–H and O–H groups in total. The third-order valence-corrected chi connectivity index (χ3v) is 2.76. The molecule has 1 aromatic carbocycles. The summed E-state index contributed by atoms with van der Waals surface area (Å²) in [5, 5.41) is 3.50. The third kappa shape index (κ3) is 5.22. The highest BCUT2D eigenvalue weighted by atomic mass is 16.5. The van der Waals surface area contributed by atoms with E-state index in [9.17, 15) is 0 Å². The molecule has 0 amide bonds. The highest BCUT2D eigenvalue weighted by Gasteiger charge is 2.07. The topological polar surface area (TPSA) is 21.3 Å².